The number of morpholine rings is 1. The SMILES string of the molecule is CCCC(C)CN1CCOCC1CN. The van der Waals surface area contributed by atoms with Crippen LogP contribution in [0.3, 0.4) is 0 Å². The van der Waals surface area contributed by atoms with Crippen LogP contribution in [0.5, 0.6) is 0 Å². The number of rotatable bonds is 5. The van der Waals surface area contributed by atoms with E-state index in [9.17, 15) is 0 Å². The summed E-state index contributed by atoms with van der Waals surface area (Å²) in [7, 11) is 0. The van der Waals surface area contributed by atoms with Crippen LogP contribution in [-0.2, 0) is 4.74 Å². The summed E-state index contributed by atoms with van der Waals surface area (Å²) in [6.07, 6.45) is 2.59. The van der Waals surface area contributed by atoms with Crippen molar-refractivity contribution in [3.8, 4) is 0 Å². The summed E-state index contributed by atoms with van der Waals surface area (Å²) in [5.74, 6) is 0.784. The van der Waals surface area contributed by atoms with Crippen LogP contribution in [0.15, 0.2) is 0 Å². The van der Waals surface area contributed by atoms with E-state index < -0.39 is 0 Å². The van der Waals surface area contributed by atoms with Gasteiger partial charge in [-0.05, 0) is 12.3 Å². The Bertz CT molecular complexity index is 152. The van der Waals surface area contributed by atoms with Crippen molar-refractivity contribution in [3.05, 3.63) is 0 Å². The molecule has 1 heterocycles. The maximum Gasteiger partial charge on any atom is 0.0634 e. The normalized spacial score (nSPS) is 26.4. The summed E-state index contributed by atoms with van der Waals surface area (Å²) >= 11 is 0. The molecule has 2 atom stereocenters. The number of nitrogens with zero attached hydrogens (tertiary/aromatic N) is 1. The summed E-state index contributed by atoms with van der Waals surface area (Å²) in [4.78, 5) is 2.49. The highest BCUT2D eigenvalue weighted by Gasteiger charge is 2.22. The van der Waals surface area contributed by atoms with Crippen LogP contribution in [0.2, 0.25) is 0 Å². The van der Waals surface area contributed by atoms with Crippen molar-refractivity contribution < 1.29 is 4.74 Å². The molecule has 2 N–H and O–H groups in total. The van der Waals surface area contributed by atoms with Crippen LogP contribution in [0.4, 0.5) is 0 Å². The first-order valence-electron chi connectivity index (χ1n) is 5.79. The van der Waals surface area contributed by atoms with E-state index in [2.05, 4.69) is 18.7 Å². The largest absolute Gasteiger partial charge is 0.378 e. The highest BCUT2D eigenvalue weighted by Crippen LogP contribution is 2.12. The zero-order valence-corrected chi connectivity index (χ0v) is 9.54. The molecule has 84 valence electrons. The van der Waals surface area contributed by atoms with Crippen LogP contribution >= 0.6 is 0 Å². The lowest BCUT2D eigenvalue weighted by Crippen LogP contribution is -2.50. The van der Waals surface area contributed by atoms with Gasteiger partial charge in [0.15, 0.2) is 0 Å². The molecule has 0 aromatic carbocycles. The van der Waals surface area contributed by atoms with Crippen molar-refractivity contribution in [3.63, 3.8) is 0 Å². The molecule has 2 unspecified atom stereocenters. The first-order chi connectivity index (χ1) is 6.77. The highest BCUT2D eigenvalue weighted by atomic mass is 16.5. The van der Waals surface area contributed by atoms with Gasteiger partial charge in [0, 0.05) is 25.7 Å². The molecule has 1 saturated heterocycles. The number of ether oxygens (including phenoxy) is 1. The molecule has 0 bridgehead atoms. The minimum atomic E-state index is 0.447. The summed E-state index contributed by atoms with van der Waals surface area (Å²) in [6, 6.07) is 0.447. The average Bonchev–Trinajstić information content (AvgIpc) is 2.19. The smallest absolute Gasteiger partial charge is 0.0634 e. The van der Waals surface area contributed by atoms with Gasteiger partial charge in [-0.2, -0.15) is 0 Å². The molecule has 0 aromatic heterocycles. The average molecular weight is 200 g/mol. The van der Waals surface area contributed by atoms with Crippen molar-refractivity contribution in [1.82, 2.24) is 4.90 Å². The van der Waals surface area contributed by atoms with Gasteiger partial charge in [-0.25, -0.2) is 0 Å². The van der Waals surface area contributed by atoms with Gasteiger partial charge in [0.1, 0.15) is 0 Å². The van der Waals surface area contributed by atoms with Gasteiger partial charge in [0.2, 0.25) is 0 Å². The quantitative estimate of drug-likeness (QED) is 0.722. The van der Waals surface area contributed by atoms with Crippen molar-refractivity contribution >= 4 is 0 Å². The van der Waals surface area contributed by atoms with E-state index in [1.165, 1.54) is 19.4 Å². The van der Waals surface area contributed by atoms with E-state index in [0.717, 1.165) is 32.2 Å². The molecule has 1 rings (SSSR count). The van der Waals surface area contributed by atoms with Gasteiger partial charge in [-0.3, -0.25) is 4.90 Å². The molecule has 0 amide bonds. The van der Waals surface area contributed by atoms with Gasteiger partial charge in [0.25, 0.3) is 0 Å². The number of hydrogen-bond donors (Lipinski definition) is 1. The summed E-state index contributed by atoms with van der Waals surface area (Å²) < 4.78 is 5.42. The highest BCUT2D eigenvalue weighted by molar-refractivity contribution is 4.77. The Labute approximate surface area is 87.6 Å². The fourth-order valence-electron chi connectivity index (χ4n) is 2.13. The molecule has 1 aliphatic rings. The Kier molecular flexibility index (Phi) is 5.45. The van der Waals surface area contributed by atoms with Crippen molar-refractivity contribution in [2.75, 3.05) is 32.8 Å². The first kappa shape index (κ1) is 12.0. The third-order valence-electron chi connectivity index (χ3n) is 2.95. The summed E-state index contributed by atoms with van der Waals surface area (Å²) in [6.45, 7) is 9.21. The maximum absolute atomic E-state index is 5.72. The van der Waals surface area contributed by atoms with Crippen molar-refractivity contribution in [1.29, 1.82) is 0 Å². The van der Waals surface area contributed by atoms with E-state index in [0.29, 0.717) is 6.04 Å². The Morgan fingerprint density at radius 2 is 2.36 bits per heavy atom. The van der Waals surface area contributed by atoms with E-state index >= 15 is 0 Å². The Balaban J connectivity index is 2.32. The zero-order chi connectivity index (χ0) is 10.4. The lowest BCUT2D eigenvalue weighted by atomic mass is 10.0. The van der Waals surface area contributed by atoms with Gasteiger partial charge >= 0.3 is 0 Å². The molecule has 0 spiro atoms. The Hall–Kier alpha value is -0.120. The fraction of sp³-hybridized carbons (Fsp3) is 1.00. The van der Waals surface area contributed by atoms with E-state index in [1.807, 2.05) is 0 Å². The molecule has 0 saturated carbocycles. The van der Waals surface area contributed by atoms with Crippen molar-refractivity contribution in [2.24, 2.45) is 11.7 Å². The second-order valence-corrected chi connectivity index (χ2v) is 4.35. The van der Waals surface area contributed by atoms with Crippen LogP contribution in [0.25, 0.3) is 0 Å². The lowest BCUT2D eigenvalue weighted by molar-refractivity contribution is -0.0101. The van der Waals surface area contributed by atoms with E-state index in [-0.39, 0.29) is 0 Å². The van der Waals surface area contributed by atoms with E-state index in [1.54, 1.807) is 0 Å². The Morgan fingerprint density at radius 1 is 1.57 bits per heavy atom. The standard InChI is InChI=1S/C11H24N2O/c1-3-4-10(2)8-13-5-6-14-9-11(13)7-12/h10-11H,3-9,12H2,1-2H3. The monoisotopic (exact) mass is 200 g/mol. The molecule has 3 heteroatoms. The van der Waals surface area contributed by atoms with Gasteiger partial charge in [-0.1, -0.05) is 20.3 Å². The minimum absolute atomic E-state index is 0.447. The fourth-order valence-corrected chi connectivity index (χ4v) is 2.13. The molecule has 14 heavy (non-hydrogen) atoms. The van der Waals surface area contributed by atoms with Crippen molar-refractivity contribution in [2.45, 2.75) is 32.7 Å². The maximum atomic E-state index is 5.72. The van der Waals surface area contributed by atoms with Gasteiger partial charge < -0.3 is 10.5 Å². The molecule has 1 aliphatic heterocycles. The topological polar surface area (TPSA) is 38.5 Å². The molecule has 0 radical (unpaired) electrons. The molecule has 1 fully saturated rings. The molecular weight excluding hydrogens is 176 g/mol. The third-order valence-corrected chi connectivity index (χ3v) is 2.95. The van der Waals surface area contributed by atoms with Crippen LogP contribution in [-0.4, -0.2) is 43.8 Å². The second-order valence-electron chi connectivity index (χ2n) is 4.35. The van der Waals surface area contributed by atoms with Gasteiger partial charge in [-0.15, -0.1) is 0 Å². The molecule has 0 aromatic rings. The first-order valence-corrected chi connectivity index (χ1v) is 5.79. The number of hydrogen-bond acceptors (Lipinski definition) is 3. The summed E-state index contributed by atoms with van der Waals surface area (Å²) in [5, 5.41) is 0. The molecular formula is C11H24N2O. The van der Waals surface area contributed by atoms with Crippen LogP contribution < -0.4 is 5.73 Å². The van der Waals surface area contributed by atoms with E-state index in [4.69, 9.17) is 10.5 Å². The predicted molar refractivity (Wildman–Crippen MR) is 59.3 cm³/mol. The predicted octanol–water partition coefficient (Wildman–Crippen LogP) is 1.08. The van der Waals surface area contributed by atoms with Gasteiger partial charge in [0.05, 0.1) is 13.2 Å². The summed E-state index contributed by atoms with van der Waals surface area (Å²) in [5.41, 5.74) is 5.72. The third kappa shape index (κ3) is 3.56. The second kappa shape index (κ2) is 6.38. The minimum Gasteiger partial charge on any atom is -0.378 e. The Morgan fingerprint density at radius 3 is 3.00 bits per heavy atom. The molecule has 0 aliphatic carbocycles. The molecule has 3 nitrogen and oxygen atoms in total. The number of nitrogens with two attached hydrogens (primary N) is 1. The van der Waals surface area contributed by atoms with Crippen LogP contribution in [0, 0.1) is 5.92 Å². The van der Waals surface area contributed by atoms with Crippen LogP contribution in [0.1, 0.15) is 26.7 Å². The zero-order valence-electron chi connectivity index (χ0n) is 9.54. The lowest BCUT2D eigenvalue weighted by Gasteiger charge is -2.36.